The molecule has 6 heteroatoms. The Hall–Kier alpha value is -1.82. The van der Waals surface area contributed by atoms with Crippen molar-refractivity contribution >= 4 is 28.8 Å². The van der Waals surface area contributed by atoms with Gasteiger partial charge >= 0.3 is 0 Å². The molecule has 0 saturated carbocycles. The van der Waals surface area contributed by atoms with Gasteiger partial charge < -0.3 is 19.3 Å². The summed E-state index contributed by atoms with van der Waals surface area (Å²) < 4.78 is 11.7. The molecule has 0 spiro atoms. The van der Waals surface area contributed by atoms with Crippen LogP contribution >= 0.6 is 23.8 Å². The minimum absolute atomic E-state index is 0.360. The van der Waals surface area contributed by atoms with E-state index in [1.165, 1.54) is 0 Å². The fraction of sp³-hybridized carbons (Fsp3) is 0.381. The highest BCUT2D eigenvalue weighted by Crippen LogP contribution is 2.33. The molecule has 0 N–H and O–H groups in total. The summed E-state index contributed by atoms with van der Waals surface area (Å²) in [5.74, 6) is 1.34. The van der Waals surface area contributed by atoms with Crippen LogP contribution in [0, 0.1) is 0 Å². The predicted octanol–water partition coefficient (Wildman–Crippen LogP) is 4.24. The zero-order valence-corrected chi connectivity index (χ0v) is 17.4. The van der Waals surface area contributed by atoms with Gasteiger partial charge in [0.25, 0.3) is 0 Å². The summed E-state index contributed by atoms with van der Waals surface area (Å²) >= 11 is 12.1. The van der Waals surface area contributed by atoms with E-state index in [0.29, 0.717) is 23.1 Å². The molecule has 0 radical (unpaired) electrons. The summed E-state index contributed by atoms with van der Waals surface area (Å²) in [6, 6.07) is 13.5. The first-order chi connectivity index (χ1) is 13.1. The van der Waals surface area contributed by atoms with Crippen LogP contribution in [-0.4, -0.2) is 54.6 Å². The van der Waals surface area contributed by atoms with Crippen molar-refractivity contribution in [3.8, 4) is 11.5 Å². The summed E-state index contributed by atoms with van der Waals surface area (Å²) in [6.45, 7) is 7.52. The van der Waals surface area contributed by atoms with Crippen LogP contribution in [-0.2, 0) is 6.61 Å². The summed E-state index contributed by atoms with van der Waals surface area (Å²) in [5, 5.41) is 0.687. The molecule has 1 heterocycles. The summed E-state index contributed by atoms with van der Waals surface area (Å²) in [7, 11) is 1.64. The molecule has 1 aliphatic rings. The van der Waals surface area contributed by atoms with Gasteiger partial charge in [0.2, 0.25) is 0 Å². The summed E-state index contributed by atoms with van der Waals surface area (Å²) in [4.78, 5) is 5.48. The minimum atomic E-state index is 0.360. The Kier molecular flexibility index (Phi) is 6.94. The van der Waals surface area contributed by atoms with Crippen LogP contribution in [0.3, 0.4) is 0 Å². The van der Waals surface area contributed by atoms with Gasteiger partial charge in [-0.25, -0.2) is 0 Å². The molecule has 0 bridgehead atoms. The maximum atomic E-state index is 6.27. The Labute approximate surface area is 171 Å². The molecule has 0 amide bonds. The SMILES string of the molecule is CCN1CCN(C(=S)c2cccc(OC)c2OCc2ccccc2Cl)CC1. The van der Waals surface area contributed by atoms with Gasteiger partial charge in [-0.2, -0.15) is 0 Å². The maximum Gasteiger partial charge on any atom is 0.171 e. The number of methoxy groups -OCH3 is 1. The molecule has 2 aromatic carbocycles. The number of para-hydroxylation sites is 1. The molecule has 27 heavy (non-hydrogen) atoms. The van der Waals surface area contributed by atoms with Crippen molar-refractivity contribution in [3.05, 3.63) is 58.6 Å². The fourth-order valence-electron chi connectivity index (χ4n) is 3.20. The van der Waals surface area contributed by atoms with E-state index >= 15 is 0 Å². The van der Waals surface area contributed by atoms with E-state index in [4.69, 9.17) is 33.3 Å². The lowest BCUT2D eigenvalue weighted by atomic mass is 10.1. The van der Waals surface area contributed by atoms with Crippen molar-refractivity contribution in [2.45, 2.75) is 13.5 Å². The standard InChI is InChI=1S/C21H25ClN2O2S/c1-3-23-11-13-24(14-12-23)21(27)17-8-6-10-19(25-2)20(17)26-15-16-7-4-5-9-18(16)22/h4-10H,3,11-15H2,1-2H3. The molecular formula is C21H25ClN2O2S. The zero-order chi connectivity index (χ0) is 19.2. The van der Waals surface area contributed by atoms with Gasteiger partial charge in [-0.3, -0.25) is 0 Å². The Balaban J connectivity index is 1.81. The number of halogens is 1. The Morgan fingerprint density at radius 1 is 1.07 bits per heavy atom. The lowest BCUT2D eigenvalue weighted by Crippen LogP contribution is -2.48. The molecule has 1 aliphatic heterocycles. The van der Waals surface area contributed by atoms with Crippen LogP contribution in [0.5, 0.6) is 11.5 Å². The van der Waals surface area contributed by atoms with Gasteiger partial charge in [-0.05, 0) is 24.7 Å². The quantitative estimate of drug-likeness (QED) is 0.670. The van der Waals surface area contributed by atoms with E-state index in [-0.39, 0.29) is 0 Å². The van der Waals surface area contributed by atoms with Gasteiger partial charge in [0.05, 0.1) is 12.7 Å². The Bertz CT molecular complexity index is 792. The normalized spacial score (nSPS) is 14.9. The molecule has 0 aliphatic carbocycles. The number of benzene rings is 2. The average Bonchev–Trinajstić information content (AvgIpc) is 2.72. The monoisotopic (exact) mass is 404 g/mol. The Morgan fingerprint density at radius 3 is 2.48 bits per heavy atom. The molecule has 1 saturated heterocycles. The molecule has 0 unspecified atom stereocenters. The fourth-order valence-corrected chi connectivity index (χ4v) is 3.73. The molecule has 2 aromatic rings. The first-order valence-electron chi connectivity index (χ1n) is 9.19. The third-order valence-corrected chi connectivity index (χ3v) is 5.71. The molecule has 1 fully saturated rings. The van der Waals surface area contributed by atoms with Gasteiger partial charge in [-0.1, -0.05) is 55.0 Å². The largest absolute Gasteiger partial charge is 0.493 e. The molecule has 144 valence electrons. The van der Waals surface area contributed by atoms with Crippen LogP contribution in [0.1, 0.15) is 18.1 Å². The van der Waals surface area contributed by atoms with E-state index in [1.54, 1.807) is 7.11 Å². The number of piperazine rings is 1. The van der Waals surface area contributed by atoms with Gasteiger partial charge in [0, 0.05) is 36.8 Å². The van der Waals surface area contributed by atoms with Gasteiger partial charge in [0.1, 0.15) is 11.6 Å². The number of ether oxygens (including phenoxy) is 2. The van der Waals surface area contributed by atoms with E-state index in [1.807, 2.05) is 42.5 Å². The summed E-state index contributed by atoms with van der Waals surface area (Å²) in [5.41, 5.74) is 1.82. The van der Waals surface area contributed by atoms with E-state index < -0.39 is 0 Å². The van der Waals surface area contributed by atoms with Crippen molar-refractivity contribution in [2.24, 2.45) is 0 Å². The first-order valence-corrected chi connectivity index (χ1v) is 9.97. The van der Waals surface area contributed by atoms with Crippen LogP contribution in [0.25, 0.3) is 0 Å². The lowest BCUT2D eigenvalue weighted by Gasteiger charge is -2.36. The van der Waals surface area contributed by atoms with Crippen LogP contribution in [0.15, 0.2) is 42.5 Å². The minimum Gasteiger partial charge on any atom is -0.493 e. The van der Waals surface area contributed by atoms with Crippen molar-refractivity contribution < 1.29 is 9.47 Å². The van der Waals surface area contributed by atoms with Crippen LogP contribution < -0.4 is 9.47 Å². The topological polar surface area (TPSA) is 24.9 Å². The second-order valence-electron chi connectivity index (χ2n) is 6.44. The van der Waals surface area contributed by atoms with Gasteiger partial charge in [-0.15, -0.1) is 0 Å². The molecule has 0 aromatic heterocycles. The highest BCUT2D eigenvalue weighted by atomic mass is 35.5. The number of thiocarbonyl (C=S) groups is 1. The second kappa shape index (κ2) is 9.40. The predicted molar refractivity (Wildman–Crippen MR) is 114 cm³/mol. The first kappa shape index (κ1) is 19.9. The van der Waals surface area contributed by atoms with Crippen molar-refractivity contribution in [1.82, 2.24) is 9.80 Å². The van der Waals surface area contributed by atoms with Crippen molar-refractivity contribution in [1.29, 1.82) is 0 Å². The van der Waals surface area contributed by atoms with Crippen LogP contribution in [0.2, 0.25) is 5.02 Å². The van der Waals surface area contributed by atoms with Crippen molar-refractivity contribution in [3.63, 3.8) is 0 Å². The number of hydrogen-bond acceptors (Lipinski definition) is 4. The lowest BCUT2D eigenvalue weighted by molar-refractivity contribution is 0.191. The molecule has 0 atom stereocenters. The van der Waals surface area contributed by atoms with Crippen LogP contribution in [0.4, 0.5) is 0 Å². The Morgan fingerprint density at radius 2 is 1.81 bits per heavy atom. The third-order valence-electron chi connectivity index (χ3n) is 4.87. The highest BCUT2D eigenvalue weighted by Gasteiger charge is 2.22. The molecule has 4 nitrogen and oxygen atoms in total. The number of nitrogens with zero attached hydrogens (tertiary/aromatic N) is 2. The number of hydrogen-bond donors (Lipinski definition) is 0. The average molecular weight is 405 g/mol. The van der Waals surface area contributed by atoms with E-state index in [0.717, 1.165) is 48.8 Å². The highest BCUT2D eigenvalue weighted by molar-refractivity contribution is 7.80. The third kappa shape index (κ3) is 4.72. The zero-order valence-electron chi connectivity index (χ0n) is 15.8. The molecule has 3 rings (SSSR count). The second-order valence-corrected chi connectivity index (χ2v) is 7.24. The molecular weight excluding hydrogens is 380 g/mol. The van der Waals surface area contributed by atoms with Crippen molar-refractivity contribution in [2.75, 3.05) is 39.8 Å². The number of rotatable bonds is 6. The smallest absolute Gasteiger partial charge is 0.171 e. The van der Waals surface area contributed by atoms with Gasteiger partial charge in [0.15, 0.2) is 11.5 Å². The van der Waals surface area contributed by atoms with E-state index in [9.17, 15) is 0 Å². The summed E-state index contributed by atoms with van der Waals surface area (Å²) in [6.07, 6.45) is 0. The maximum absolute atomic E-state index is 6.27. The number of likely N-dealkylation sites (N-methyl/N-ethyl adjacent to an activating group) is 1. The van der Waals surface area contributed by atoms with E-state index in [2.05, 4.69) is 16.7 Å².